The molecule has 1 aliphatic heterocycles. The molecule has 0 aliphatic carbocycles. The van der Waals surface area contributed by atoms with Gasteiger partial charge >= 0.3 is 6.18 Å². The van der Waals surface area contributed by atoms with Crippen molar-refractivity contribution in [3.63, 3.8) is 0 Å². The van der Waals surface area contributed by atoms with Crippen molar-refractivity contribution in [3.8, 4) is 11.1 Å². The van der Waals surface area contributed by atoms with E-state index in [0.29, 0.717) is 0 Å². The highest BCUT2D eigenvalue weighted by Gasteiger charge is 2.35. The summed E-state index contributed by atoms with van der Waals surface area (Å²) in [5.41, 5.74) is 1.72. The van der Waals surface area contributed by atoms with Crippen LogP contribution in [0.25, 0.3) is 11.1 Å². The van der Waals surface area contributed by atoms with E-state index in [1.54, 1.807) is 0 Å². The molecule has 3 aromatic carbocycles. The number of carbonyl (C=O) groups is 1. The van der Waals surface area contributed by atoms with Crippen LogP contribution in [0.5, 0.6) is 0 Å². The molecule has 0 unspecified atom stereocenters. The Morgan fingerprint density at radius 3 is 2.39 bits per heavy atom. The Morgan fingerprint density at radius 1 is 0.970 bits per heavy atom. The second-order valence-electron chi connectivity index (χ2n) is 8.16. The Kier molecular flexibility index (Phi) is 7.05. The van der Waals surface area contributed by atoms with E-state index in [-0.39, 0.29) is 11.6 Å². The number of hydrogen-bond donors (Lipinski definition) is 2. The molecule has 2 N–H and O–H groups in total. The normalized spacial score (nSPS) is 17.4. The molecule has 172 valence electrons. The molecule has 1 amide bonds. The number of amides is 1. The number of nitrogens with one attached hydrogen (secondary N) is 2. The molecule has 1 saturated heterocycles. The van der Waals surface area contributed by atoms with Crippen LogP contribution in [0.3, 0.4) is 0 Å². The van der Waals surface area contributed by atoms with Gasteiger partial charge in [-0.3, -0.25) is 4.79 Å². The smallest absolute Gasteiger partial charge is 0.344 e. The summed E-state index contributed by atoms with van der Waals surface area (Å²) in [6, 6.07) is 20.7. The van der Waals surface area contributed by atoms with Gasteiger partial charge in [-0.1, -0.05) is 72.6 Å². The van der Waals surface area contributed by atoms with Gasteiger partial charge in [0.25, 0.3) is 5.91 Å². The van der Waals surface area contributed by atoms with Crippen LogP contribution in [0.15, 0.2) is 72.8 Å². The third-order valence-corrected chi connectivity index (χ3v) is 6.35. The van der Waals surface area contributed by atoms with Gasteiger partial charge in [-0.15, -0.1) is 0 Å². The van der Waals surface area contributed by atoms with Gasteiger partial charge in [0.15, 0.2) is 0 Å². The maximum Gasteiger partial charge on any atom is 0.417 e. The van der Waals surface area contributed by atoms with Gasteiger partial charge in [-0.05, 0) is 54.3 Å². The third kappa shape index (κ3) is 5.40. The number of benzene rings is 3. The second-order valence-corrected chi connectivity index (χ2v) is 8.54. The standard InChI is InChI=1S/C26H24ClF3N2O/c27-23-20(12-7-13-21(23)26(28,29)30)25(33)32-24(22-14-4-5-15-31-22)19-11-6-10-18(16-19)17-8-2-1-3-9-17/h1-3,6-13,16,22,24,31H,4-5,14-15H2,(H,32,33)/t22-,24-/m0/s1. The zero-order valence-corrected chi connectivity index (χ0v) is 18.6. The number of piperidine rings is 1. The van der Waals surface area contributed by atoms with Gasteiger partial charge in [0, 0.05) is 6.04 Å². The van der Waals surface area contributed by atoms with E-state index in [2.05, 4.69) is 10.6 Å². The van der Waals surface area contributed by atoms with Crippen LogP contribution < -0.4 is 10.6 Å². The lowest BCUT2D eigenvalue weighted by molar-refractivity contribution is -0.137. The van der Waals surface area contributed by atoms with E-state index in [9.17, 15) is 18.0 Å². The monoisotopic (exact) mass is 472 g/mol. The lowest BCUT2D eigenvalue weighted by atomic mass is 9.90. The lowest BCUT2D eigenvalue weighted by Gasteiger charge is -2.32. The van der Waals surface area contributed by atoms with Gasteiger partial charge in [0.05, 0.1) is 22.2 Å². The second kappa shape index (κ2) is 9.98. The van der Waals surface area contributed by atoms with Gasteiger partial charge in [-0.25, -0.2) is 0 Å². The Balaban J connectivity index is 1.68. The fourth-order valence-corrected chi connectivity index (χ4v) is 4.59. The van der Waals surface area contributed by atoms with Crippen molar-refractivity contribution in [2.75, 3.05) is 6.54 Å². The average molecular weight is 473 g/mol. The molecule has 3 aromatic rings. The number of rotatable bonds is 5. The molecular formula is C26H24ClF3N2O. The summed E-state index contributed by atoms with van der Waals surface area (Å²) in [6.45, 7) is 0.819. The first kappa shape index (κ1) is 23.3. The zero-order valence-electron chi connectivity index (χ0n) is 17.8. The largest absolute Gasteiger partial charge is 0.417 e. The van der Waals surface area contributed by atoms with Gasteiger partial charge in [-0.2, -0.15) is 13.2 Å². The SMILES string of the molecule is O=C(N[C@@H](c1cccc(-c2ccccc2)c1)[C@@H]1CCCCN1)c1cccc(C(F)(F)F)c1Cl. The van der Waals surface area contributed by atoms with Gasteiger partial charge < -0.3 is 10.6 Å². The Morgan fingerprint density at radius 2 is 1.70 bits per heavy atom. The third-order valence-electron chi connectivity index (χ3n) is 5.94. The number of halogens is 4. The van der Waals surface area contributed by atoms with Crippen molar-refractivity contribution in [2.24, 2.45) is 0 Å². The number of alkyl halides is 3. The molecule has 1 heterocycles. The van der Waals surface area contributed by atoms with E-state index >= 15 is 0 Å². The highest BCUT2D eigenvalue weighted by atomic mass is 35.5. The van der Waals surface area contributed by atoms with E-state index in [1.165, 1.54) is 12.1 Å². The quantitative estimate of drug-likeness (QED) is 0.437. The molecular weight excluding hydrogens is 449 g/mol. The zero-order chi connectivity index (χ0) is 23.4. The van der Waals surface area contributed by atoms with Crippen molar-refractivity contribution >= 4 is 17.5 Å². The Hall–Kier alpha value is -2.83. The fourth-order valence-electron chi connectivity index (χ4n) is 4.27. The summed E-state index contributed by atoms with van der Waals surface area (Å²) in [6.07, 6.45) is -1.74. The highest BCUT2D eigenvalue weighted by molar-refractivity contribution is 6.34. The molecule has 2 atom stereocenters. The molecule has 0 radical (unpaired) electrons. The van der Waals surface area contributed by atoms with E-state index in [0.717, 1.165) is 48.6 Å². The van der Waals surface area contributed by atoms with Crippen molar-refractivity contribution in [3.05, 3.63) is 94.5 Å². The Bertz CT molecular complexity index is 1110. The summed E-state index contributed by atoms with van der Waals surface area (Å²) in [7, 11) is 0. The van der Waals surface area contributed by atoms with Crippen molar-refractivity contribution < 1.29 is 18.0 Å². The summed E-state index contributed by atoms with van der Waals surface area (Å²) < 4.78 is 39.9. The predicted octanol–water partition coefficient (Wildman–Crippen LogP) is 6.64. The van der Waals surface area contributed by atoms with Crippen LogP contribution >= 0.6 is 11.6 Å². The van der Waals surface area contributed by atoms with Crippen LogP contribution in [0, 0.1) is 0 Å². The topological polar surface area (TPSA) is 41.1 Å². The molecule has 4 rings (SSSR count). The lowest BCUT2D eigenvalue weighted by Crippen LogP contribution is -2.46. The Labute approximate surface area is 196 Å². The molecule has 1 aliphatic rings. The molecule has 33 heavy (non-hydrogen) atoms. The maximum absolute atomic E-state index is 13.3. The molecule has 7 heteroatoms. The fraction of sp³-hybridized carbons (Fsp3) is 0.269. The van der Waals surface area contributed by atoms with Crippen LogP contribution in [-0.4, -0.2) is 18.5 Å². The minimum atomic E-state index is -4.64. The average Bonchev–Trinajstić information content (AvgIpc) is 2.83. The molecule has 0 aromatic heterocycles. The van der Waals surface area contributed by atoms with Gasteiger partial charge in [0.1, 0.15) is 0 Å². The predicted molar refractivity (Wildman–Crippen MR) is 124 cm³/mol. The highest BCUT2D eigenvalue weighted by Crippen LogP contribution is 2.36. The van der Waals surface area contributed by atoms with Crippen molar-refractivity contribution in [2.45, 2.75) is 37.5 Å². The first-order valence-electron chi connectivity index (χ1n) is 10.9. The van der Waals surface area contributed by atoms with Crippen LogP contribution in [0.4, 0.5) is 13.2 Å². The van der Waals surface area contributed by atoms with Crippen LogP contribution in [0.2, 0.25) is 5.02 Å². The minimum Gasteiger partial charge on any atom is -0.344 e. The van der Waals surface area contributed by atoms with E-state index in [4.69, 9.17) is 11.6 Å². The summed E-state index contributed by atoms with van der Waals surface area (Å²) >= 11 is 6.01. The number of hydrogen-bond acceptors (Lipinski definition) is 2. The van der Waals surface area contributed by atoms with E-state index in [1.807, 2.05) is 54.6 Å². The van der Waals surface area contributed by atoms with Crippen molar-refractivity contribution in [1.29, 1.82) is 0 Å². The molecule has 0 saturated carbocycles. The number of carbonyl (C=O) groups excluding carboxylic acids is 1. The molecule has 1 fully saturated rings. The summed E-state index contributed by atoms with van der Waals surface area (Å²) in [4.78, 5) is 13.1. The van der Waals surface area contributed by atoms with E-state index < -0.39 is 28.7 Å². The first-order chi connectivity index (χ1) is 15.8. The molecule has 3 nitrogen and oxygen atoms in total. The summed E-state index contributed by atoms with van der Waals surface area (Å²) in [5, 5.41) is 5.83. The first-order valence-corrected chi connectivity index (χ1v) is 11.3. The summed E-state index contributed by atoms with van der Waals surface area (Å²) in [5.74, 6) is -0.631. The van der Waals surface area contributed by atoms with Gasteiger partial charge in [0.2, 0.25) is 0 Å². The maximum atomic E-state index is 13.3. The molecule has 0 bridgehead atoms. The van der Waals surface area contributed by atoms with Crippen LogP contribution in [-0.2, 0) is 6.18 Å². The van der Waals surface area contributed by atoms with Crippen LogP contribution in [0.1, 0.15) is 46.8 Å². The van der Waals surface area contributed by atoms with Crippen molar-refractivity contribution in [1.82, 2.24) is 10.6 Å². The minimum absolute atomic E-state index is 0.0432. The molecule has 0 spiro atoms.